The summed E-state index contributed by atoms with van der Waals surface area (Å²) in [6, 6.07) is 0. The summed E-state index contributed by atoms with van der Waals surface area (Å²) in [6.07, 6.45) is 1.12. The SMILES string of the molecule is C=C(C)NC(=C)[C@H](C)CC. The first-order chi connectivity index (χ1) is 4.57. The van der Waals surface area contributed by atoms with Crippen LogP contribution in [0.2, 0.25) is 0 Å². The van der Waals surface area contributed by atoms with Gasteiger partial charge < -0.3 is 5.32 Å². The van der Waals surface area contributed by atoms with Crippen LogP contribution in [0, 0.1) is 5.92 Å². The van der Waals surface area contributed by atoms with Crippen LogP contribution in [0.4, 0.5) is 0 Å². The van der Waals surface area contributed by atoms with Gasteiger partial charge in [0.15, 0.2) is 0 Å². The van der Waals surface area contributed by atoms with Gasteiger partial charge in [-0.2, -0.15) is 0 Å². The van der Waals surface area contributed by atoms with Crippen molar-refractivity contribution >= 4 is 0 Å². The second-order valence-electron chi connectivity index (χ2n) is 2.74. The average Bonchev–Trinajstić information content (AvgIpc) is 1.85. The van der Waals surface area contributed by atoms with Crippen molar-refractivity contribution in [2.75, 3.05) is 0 Å². The van der Waals surface area contributed by atoms with Crippen molar-refractivity contribution in [1.29, 1.82) is 0 Å². The van der Waals surface area contributed by atoms with E-state index in [1.165, 1.54) is 0 Å². The molecule has 1 heteroatoms. The minimum Gasteiger partial charge on any atom is -0.363 e. The summed E-state index contributed by atoms with van der Waals surface area (Å²) < 4.78 is 0. The van der Waals surface area contributed by atoms with Crippen molar-refractivity contribution < 1.29 is 0 Å². The van der Waals surface area contributed by atoms with Crippen LogP contribution in [0.5, 0.6) is 0 Å². The highest BCUT2D eigenvalue weighted by Crippen LogP contribution is 2.09. The summed E-state index contributed by atoms with van der Waals surface area (Å²) in [4.78, 5) is 0. The molecule has 1 nitrogen and oxygen atoms in total. The number of hydrogen-bond donors (Lipinski definition) is 1. The highest BCUT2D eigenvalue weighted by Gasteiger charge is 2.01. The lowest BCUT2D eigenvalue weighted by Gasteiger charge is -2.14. The fraction of sp³-hybridized carbons (Fsp3) is 0.556. The molecule has 0 aromatic heterocycles. The Hall–Kier alpha value is -0.720. The molecular weight excluding hydrogens is 122 g/mol. The molecule has 58 valence electrons. The number of nitrogens with one attached hydrogen (secondary N) is 1. The van der Waals surface area contributed by atoms with Gasteiger partial charge in [0, 0.05) is 11.4 Å². The largest absolute Gasteiger partial charge is 0.363 e. The molecule has 0 bridgehead atoms. The Morgan fingerprint density at radius 1 is 1.50 bits per heavy atom. The van der Waals surface area contributed by atoms with Crippen LogP contribution in [0.3, 0.4) is 0 Å². The Labute approximate surface area is 63.8 Å². The molecule has 0 heterocycles. The Morgan fingerprint density at radius 3 is 2.30 bits per heavy atom. The van der Waals surface area contributed by atoms with Crippen molar-refractivity contribution in [2.45, 2.75) is 27.2 Å². The molecule has 0 aromatic carbocycles. The normalized spacial score (nSPS) is 12.3. The third-order valence-electron chi connectivity index (χ3n) is 1.58. The van der Waals surface area contributed by atoms with E-state index in [0.29, 0.717) is 5.92 Å². The molecule has 10 heavy (non-hydrogen) atoms. The van der Waals surface area contributed by atoms with Crippen molar-refractivity contribution in [1.82, 2.24) is 5.32 Å². The zero-order valence-electron chi connectivity index (χ0n) is 7.20. The van der Waals surface area contributed by atoms with E-state index in [9.17, 15) is 0 Å². The van der Waals surface area contributed by atoms with Crippen LogP contribution < -0.4 is 5.32 Å². The van der Waals surface area contributed by atoms with Gasteiger partial charge in [-0.3, -0.25) is 0 Å². The maximum atomic E-state index is 3.89. The molecule has 0 rings (SSSR count). The number of allylic oxidation sites excluding steroid dienone is 2. The molecule has 0 saturated carbocycles. The lowest BCUT2D eigenvalue weighted by atomic mass is 10.1. The van der Waals surface area contributed by atoms with Crippen LogP contribution in [0.15, 0.2) is 24.6 Å². The van der Waals surface area contributed by atoms with E-state index in [4.69, 9.17) is 0 Å². The molecule has 0 aliphatic carbocycles. The number of rotatable bonds is 4. The summed E-state index contributed by atoms with van der Waals surface area (Å²) >= 11 is 0. The summed E-state index contributed by atoms with van der Waals surface area (Å²) in [7, 11) is 0. The van der Waals surface area contributed by atoms with Crippen molar-refractivity contribution in [3.63, 3.8) is 0 Å². The standard InChI is InChI=1S/C9H17N/c1-6-8(4)9(5)10-7(2)3/h8,10H,2,5-6H2,1,3-4H3/t8-/m1/s1. The van der Waals surface area contributed by atoms with E-state index in [-0.39, 0.29) is 0 Å². The van der Waals surface area contributed by atoms with Gasteiger partial charge in [0.1, 0.15) is 0 Å². The molecule has 0 aromatic rings. The second kappa shape index (κ2) is 4.15. The highest BCUT2D eigenvalue weighted by molar-refractivity contribution is 5.04. The van der Waals surface area contributed by atoms with Crippen molar-refractivity contribution in [3.05, 3.63) is 24.6 Å². The van der Waals surface area contributed by atoms with Crippen LogP contribution in [0.1, 0.15) is 27.2 Å². The van der Waals surface area contributed by atoms with E-state index >= 15 is 0 Å². The molecule has 0 aliphatic rings. The first-order valence-electron chi connectivity index (χ1n) is 3.69. The first-order valence-corrected chi connectivity index (χ1v) is 3.69. The predicted octanol–water partition coefficient (Wildman–Crippen LogP) is 2.67. The van der Waals surface area contributed by atoms with E-state index in [1.54, 1.807) is 0 Å². The lowest BCUT2D eigenvalue weighted by Crippen LogP contribution is -2.14. The molecule has 0 unspecified atom stereocenters. The zero-order valence-corrected chi connectivity index (χ0v) is 7.20. The van der Waals surface area contributed by atoms with Crippen LogP contribution >= 0.6 is 0 Å². The van der Waals surface area contributed by atoms with Crippen LogP contribution in [0.25, 0.3) is 0 Å². The minimum atomic E-state index is 0.539. The molecule has 0 radical (unpaired) electrons. The van der Waals surface area contributed by atoms with E-state index < -0.39 is 0 Å². The Morgan fingerprint density at radius 2 is 2.00 bits per heavy atom. The van der Waals surface area contributed by atoms with Gasteiger partial charge in [0.25, 0.3) is 0 Å². The fourth-order valence-electron chi connectivity index (χ4n) is 0.644. The molecule has 0 aliphatic heterocycles. The third kappa shape index (κ3) is 3.33. The maximum absolute atomic E-state index is 3.89. The summed E-state index contributed by atoms with van der Waals surface area (Å²) in [6.45, 7) is 13.9. The van der Waals surface area contributed by atoms with E-state index in [0.717, 1.165) is 17.8 Å². The fourth-order valence-corrected chi connectivity index (χ4v) is 0.644. The van der Waals surface area contributed by atoms with Gasteiger partial charge in [-0.15, -0.1) is 0 Å². The second-order valence-corrected chi connectivity index (χ2v) is 2.74. The Balaban J connectivity index is 3.73. The van der Waals surface area contributed by atoms with Gasteiger partial charge >= 0.3 is 0 Å². The zero-order chi connectivity index (χ0) is 8.15. The summed E-state index contributed by atoms with van der Waals surface area (Å²) in [5.41, 5.74) is 2.03. The Bertz CT molecular complexity index is 136. The van der Waals surface area contributed by atoms with Crippen LogP contribution in [-0.4, -0.2) is 0 Å². The lowest BCUT2D eigenvalue weighted by molar-refractivity contribution is 0.617. The quantitative estimate of drug-likeness (QED) is 0.631. The van der Waals surface area contributed by atoms with E-state index in [1.807, 2.05) is 6.92 Å². The molecule has 1 atom stereocenters. The van der Waals surface area contributed by atoms with Gasteiger partial charge in [-0.25, -0.2) is 0 Å². The van der Waals surface area contributed by atoms with Gasteiger partial charge in [-0.05, 0) is 19.3 Å². The highest BCUT2D eigenvalue weighted by atomic mass is 14.9. The topological polar surface area (TPSA) is 12.0 Å². The van der Waals surface area contributed by atoms with Gasteiger partial charge in [-0.1, -0.05) is 27.0 Å². The first kappa shape index (κ1) is 9.28. The summed E-state index contributed by atoms with van der Waals surface area (Å²) in [5.74, 6) is 0.539. The minimum absolute atomic E-state index is 0.539. The predicted molar refractivity (Wildman–Crippen MR) is 46.5 cm³/mol. The van der Waals surface area contributed by atoms with Gasteiger partial charge in [0.05, 0.1) is 0 Å². The molecular formula is C9H17N. The molecule has 0 amide bonds. The molecule has 1 N–H and O–H groups in total. The number of hydrogen-bond acceptors (Lipinski definition) is 1. The molecule has 0 fully saturated rings. The third-order valence-corrected chi connectivity index (χ3v) is 1.58. The average molecular weight is 139 g/mol. The summed E-state index contributed by atoms with van der Waals surface area (Å²) in [5, 5.41) is 3.10. The van der Waals surface area contributed by atoms with Crippen molar-refractivity contribution in [3.8, 4) is 0 Å². The monoisotopic (exact) mass is 139 g/mol. The molecule has 0 saturated heterocycles. The smallest absolute Gasteiger partial charge is 0.0104 e. The van der Waals surface area contributed by atoms with Crippen LogP contribution in [-0.2, 0) is 0 Å². The molecule has 0 spiro atoms. The Kier molecular flexibility index (Phi) is 3.85. The van der Waals surface area contributed by atoms with Gasteiger partial charge in [0.2, 0.25) is 0 Å². The van der Waals surface area contributed by atoms with E-state index in [2.05, 4.69) is 32.3 Å². The maximum Gasteiger partial charge on any atom is 0.0104 e. The van der Waals surface area contributed by atoms with Crippen molar-refractivity contribution in [2.24, 2.45) is 5.92 Å².